The van der Waals surface area contributed by atoms with Gasteiger partial charge in [0.25, 0.3) is 0 Å². The SMILES string of the molecule is CN1CC(n2ccnc2-c2cccc(OCCCCN3CCCCC3)c2)CC1=O. The molecule has 6 heteroatoms. The van der Waals surface area contributed by atoms with E-state index in [-0.39, 0.29) is 11.9 Å². The van der Waals surface area contributed by atoms with Gasteiger partial charge in [0.1, 0.15) is 11.6 Å². The lowest BCUT2D eigenvalue weighted by atomic mass is 10.1. The van der Waals surface area contributed by atoms with Gasteiger partial charge in [0.15, 0.2) is 0 Å². The molecule has 1 aromatic heterocycles. The fourth-order valence-electron chi connectivity index (χ4n) is 4.39. The molecule has 29 heavy (non-hydrogen) atoms. The van der Waals surface area contributed by atoms with Crippen molar-refractivity contribution in [1.82, 2.24) is 19.4 Å². The summed E-state index contributed by atoms with van der Waals surface area (Å²) in [7, 11) is 1.86. The first-order valence-electron chi connectivity index (χ1n) is 10.9. The maximum atomic E-state index is 11.9. The zero-order valence-corrected chi connectivity index (χ0v) is 17.4. The molecule has 0 bridgehead atoms. The fourth-order valence-corrected chi connectivity index (χ4v) is 4.39. The van der Waals surface area contributed by atoms with Gasteiger partial charge in [-0.15, -0.1) is 0 Å². The maximum absolute atomic E-state index is 11.9. The summed E-state index contributed by atoms with van der Waals surface area (Å²) in [5, 5.41) is 0. The summed E-state index contributed by atoms with van der Waals surface area (Å²) in [6.45, 7) is 5.19. The van der Waals surface area contributed by atoms with Gasteiger partial charge in [-0.05, 0) is 57.5 Å². The van der Waals surface area contributed by atoms with Crippen molar-refractivity contribution >= 4 is 5.91 Å². The number of unbranched alkanes of at least 4 members (excludes halogenated alkanes) is 1. The standard InChI is InChI=1S/C23H32N4O2/c1-25-18-20(17-22(25)28)27-14-10-24-23(27)19-8-7-9-21(16-19)29-15-6-5-13-26-11-3-2-4-12-26/h7-10,14,16,20H,2-6,11-13,15,17-18H2,1H3. The summed E-state index contributed by atoms with van der Waals surface area (Å²) in [4.78, 5) is 20.8. The van der Waals surface area contributed by atoms with Crippen LogP contribution in [0.3, 0.4) is 0 Å². The number of piperidine rings is 1. The number of carbonyl (C=O) groups excluding carboxylic acids is 1. The lowest BCUT2D eigenvalue weighted by Gasteiger charge is -2.26. The van der Waals surface area contributed by atoms with Gasteiger partial charge in [-0.1, -0.05) is 18.6 Å². The number of imidazole rings is 1. The van der Waals surface area contributed by atoms with E-state index in [2.05, 4.69) is 26.6 Å². The van der Waals surface area contributed by atoms with Crippen molar-refractivity contribution in [3.8, 4) is 17.1 Å². The fraction of sp³-hybridized carbons (Fsp3) is 0.565. The molecule has 0 aliphatic carbocycles. The summed E-state index contributed by atoms with van der Waals surface area (Å²) in [5.74, 6) is 1.97. The largest absolute Gasteiger partial charge is 0.494 e. The third-order valence-electron chi connectivity index (χ3n) is 6.06. The minimum atomic E-state index is 0.143. The number of benzene rings is 1. The number of hydrogen-bond donors (Lipinski definition) is 0. The molecule has 2 fully saturated rings. The van der Waals surface area contributed by atoms with Crippen molar-refractivity contribution in [2.75, 3.05) is 39.8 Å². The molecule has 2 aromatic rings. The molecular formula is C23H32N4O2. The zero-order chi connectivity index (χ0) is 20.1. The highest BCUT2D eigenvalue weighted by Crippen LogP contribution is 2.29. The van der Waals surface area contributed by atoms with E-state index in [0.29, 0.717) is 6.42 Å². The highest BCUT2D eigenvalue weighted by atomic mass is 16.5. The number of carbonyl (C=O) groups is 1. The maximum Gasteiger partial charge on any atom is 0.224 e. The molecule has 1 aromatic carbocycles. The second-order valence-electron chi connectivity index (χ2n) is 8.28. The molecule has 0 N–H and O–H groups in total. The van der Waals surface area contributed by atoms with E-state index in [1.165, 1.54) is 45.3 Å². The number of aromatic nitrogens is 2. The van der Waals surface area contributed by atoms with Crippen molar-refractivity contribution < 1.29 is 9.53 Å². The molecule has 2 aliphatic heterocycles. The Morgan fingerprint density at radius 1 is 1.17 bits per heavy atom. The van der Waals surface area contributed by atoms with Gasteiger partial charge in [-0.2, -0.15) is 0 Å². The van der Waals surface area contributed by atoms with Crippen molar-refractivity contribution in [1.29, 1.82) is 0 Å². The van der Waals surface area contributed by atoms with Gasteiger partial charge < -0.3 is 19.1 Å². The van der Waals surface area contributed by atoms with E-state index in [1.54, 1.807) is 4.90 Å². The molecule has 1 amide bonds. The number of likely N-dealkylation sites (tertiary alicyclic amines) is 2. The van der Waals surface area contributed by atoms with Gasteiger partial charge in [-0.3, -0.25) is 4.79 Å². The molecule has 1 atom stereocenters. The van der Waals surface area contributed by atoms with Gasteiger partial charge in [-0.25, -0.2) is 4.98 Å². The Bertz CT molecular complexity index is 813. The Morgan fingerprint density at radius 3 is 2.83 bits per heavy atom. The summed E-state index contributed by atoms with van der Waals surface area (Å²) < 4.78 is 8.14. The van der Waals surface area contributed by atoms with Crippen LogP contribution in [-0.2, 0) is 4.79 Å². The Balaban J connectivity index is 1.31. The Kier molecular flexibility index (Phi) is 6.49. The summed E-state index contributed by atoms with van der Waals surface area (Å²) >= 11 is 0. The van der Waals surface area contributed by atoms with Crippen LogP contribution in [0.15, 0.2) is 36.7 Å². The van der Waals surface area contributed by atoms with E-state index in [0.717, 1.165) is 36.7 Å². The first kappa shape index (κ1) is 20.0. The Hall–Kier alpha value is -2.34. The average molecular weight is 397 g/mol. The van der Waals surface area contributed by atoms with E-state index in [9.17, 15) is 4.79 Å². The van der Waals surface area contributed by atoms with Crippen LogP contribution in [0.25, 0.3) is 11.4 Å². The molecular weight excluding hydrogens is 364 g/mol. The van der Waals surface area contributed by atoms with E-state index < -0.39 is 0 Å². The number of hydrogen-bond acceptors (Lipinski definition) is 4. The number of amides is 1. The monoisotopic (exact) mass is 396 g/mol. The highest BCUT2D eigenvalue weighted by molar-refractivity contribution is 5.78. The molecule has 2 aliphatic rings. The topological polar surface area (TPSA) is 50.6 Å². The van der Waals surface area contributed by atoms with Crippen LogP contribution < -0.4 is 4.74 Å². The van der Waals surface area contributed by atoms with Gasteiger partial charge in [0, 0.05) is 38.0 Å². The van der Waals surface area contributed by atoms with Crippen LogP contribution in [0.4, 0.5) is 0 Å². The van der Waals surface area contributed by atoms with Crippen molar-refractivity contribution in [2.24, 2.45) is 0 Å². The average Bonchev–Trinajstić information content (AvgIpc) is 3.36. The Labute approximate surface area is 173 Å². The normalized spacial score (nSPS) is 20.4. The molecule has 156 valence electrons. The van der Waals surface area contributed by atoms with Gasteiger partial charge in [0.2, 0.25) is 5.91 Å². The lowest BCUT2D eigenvalue weighted by Crippen LogP contribution is -2.30. The summed E-state index contributed by atoms with van der Waals surface area (Å²) in [6, 6.07) is 8.29. The molecule has 6 nitrogen and oxygen atoms in total. The van der Waals surface area contributed by atoms with Crippen LogP contribution in [0.1, 0.15) is 44.6 Å². The quantitative estimate of drug-likeness (QED) is 0.640. The predicted molar refractivity (Wildman–Crippen MR) is 114 cm³/mol. The molecule has 1 unspecified atom stereocenters. The van der Waals surface area contributed by atoms with Gasteiger partial charge >= 0.3 is 0 Å². The molecule has 4 rings (SSSR count). The first-order chi connectivity index (χ1) is 14.2. The number of rotatable bonds is 8. The summed E-state index contributed by atoms with van der Waals surface area (Å²) in [6.07, 6.45) is 10.7. The Morgan fingerprint density at radius 2 is 2.03 bits per heavy atom. The third-order valence-corrected chi connectivity index (χ3v) is 6.06. The smallest absolute Gasteiger partial charge is 0.224 e. The predicted octanol–water partition coefficient (Wildman–Crippen LogP) is 3.60. The second kappa shape index (κ2) is 9.44. The van der Waals surface area contributed by atoms with Gasteiger partial charge in [0.05, 0.1) is 12.6 Å². The highest BCUT2D eigenvalue weighted by Gasteiger charge is 2.29. The number of nitrogens with zero attached hydrogens (tertiary/aromatic N) is 4. The van der Waals surface area contributed by atoms with Crippen molar-refractivity contribution in [3.63, 3.8) is 0 Å². The minimum Gasteiger partial charge on any atom is -0.494 e. The first-order valence-corrected chi connectivity index (χ1v) is 10.9. The van der Waals surface area contributed by atoms with Crippen LogP contribution in [-0.4, -0.2) is 65.1 Å². The minimum absolute atomic E-state index is 0.143. The molecule has 0 radical (unpaired) electrons. The summed E-state index contributed by atoms with van der Waals surface area (Å²) in [5.41, 5.74) is 1.03. The van der Waals surface area contributed by atoms with Crippen LogP contribution in [0.5, 0.6) is 5.75 Å². The van der Waals surface area contributed by atoms with Crippen LogP contribution in [0, 0.1) is 0 Å². The van der Waals surface area contributed by atoms with Crippen molar-refractivity contribution in [2.45, 2.75) is 44.6 Å². The van der Waals surface area contributed by atoms with Crippen LogP contribution in [0.2, 0.25) is 0 Å². The lowest BCUT2D eigenvalue weighted by molar-refractivity contribution is -0.126. The van der Waals surface area contributed by atoms with E-state index in [1.807, 2.05) is 31.6 Å². The third kappa shape index (κ3) is 4.99. The number of likely N-dealkylation sites (N-methyl/N-ethyl adjacent to an activating group) is 1. The second-order valence-corrected chi connectivity index (χ2v) is 8.28. The molecule has 2 saturated heterocycles. The number of ether oxygens (including phenoxy) is 1. The zero-order valence-electron chi connectivity index (χ0n) is 17.4. The van der Waals surface area contributed by atoms with E-state index >= 15 is 0 Å². The molecule has 0 saturated carbocycles. The van der Waals surface area contributed by atoms with Crippen LogP contribution >= 0.6 is 0 Å². The van der Waals surface area contributed by atoms with Crippen molar-refractivity contribution in [3.05, 3.63) is 36.7 Å². The molecule has 0 spiro atoms. The molecule has 3 heterocycles. The van der Waals surface area contributed by atoms with E-state index in [4.69, 9.17) is 4.74 Å².